The highest BCUT2D eigenvalue weighted by molar-refractivity contribution is 9.10. The van der Waals surface area contributed by atoms with Crippen LogP contribution in [0, 0.1) is 0 Å². The minimum absolute atomic E-state index is 0.0847. The molecule has 0 atom stereocenters. The molecule has 0 bridgehead atoms. The molecule has 0 aliphatic carbocycles. The zero-order chi connectivity index (χ0) is 15.6. The summed E-state index contributed by atoms with van der Waals surface area (Å²) in [5.74, 6) is 0. The largest absolute Gasteiger partial charge is 0.326 e. The number of nitrogens with two attached hydrogens (primary N) is 1. The number of rotatable bonds is 4. The average Bonchev–Trinajstić information content (AvgIpc) is 2.43. The molecule has 0 aliphatic rings. The molecule has 112 valence electrons. The van der Waals surface area contributed by atoms with Gasteiger partial charge in [0.25, 0.3) is 10.0 Å². The lowest BCUT2D eigenvalue weighted by molar-refractivity contribution is 0.600. The average molecular weight is 410 g/mol. The fraction of sp³-hybridized carbons (Fsp3) is 0.0769. The Balaban J connectivity index is 2.45. The molecule has 3 N–H and O–H groups in total. The molecule has 2 aromatic carbocycles. The summed E-state index contributed by atoms with van der Waals surface area (Å²) in [6.45, 7) is 0.244. The van der Waals surface area contributed by atoms with E-state index >= 15 is 0 Å². The van der Waals surface area contributed by atoms with Gasteiger partial charge in [-0.25, -0.2) is 8.42 Å². The van der Waals surface area contributed by atoms with Gasteiger partial charge >= 0.3 is 0 Å². The Morgan fingerprint density at radius 2 is 1.86 bits per heavy atom. The fourth-order valence-electron chi connectivity index (χ4n) is 1.66. The van der Waals surface area contributed by atoms with Crippen molar-refractivity contribution in [3.8, 4) is 0 Å². The van der Waals surface area contributed by atoms with Crippen LogP contribution in [-0.2, 0) is 16.6 Å². The van der Waals surface area contributed by atoms with Crippen molar-refractivity contribution in [1.82, 2.24) is 0 Å². The molecule has 0 amide bonds. The molecule has 2 aromatic rings. The quantitative estimate of drug-likeness (QED) is 0.800. The number of hydrogen-bond donors (Lipinski definition) is 2. The Kier molecular flexibility index (Phi) is 5.16. The maximum atomic E-state index is 12.5. The van der Waals surface area contributed by atoms with Gasteiger partial charge in [-0.15, -0.1) is 0 Å². The summed E-state index contributed by atoms with van der Waals surface area (Å²) in [6, 6.07) is 9.43. The number of benzene rings is 2. The number of anilines is 1. The van der Waals surface area contributed by atoms with Crippen molar-refractivity contribution in [3.63, 3.8) is 0 Å². The summed E-state index contributed by atoms with van der Waals surface area (Å²) < 4.78 is 27.8. The SMILES string of the molecule is NCc1ccc(Br)c(S(=O)(=O)Nc2cc(Cl)ccc2Cl)c1. The lowest BCUT2D eigenvalue weighted by Gasteiger charge is -2.12. The van der Waals surface area contributed by atoms with Gasteiger partial charge in [-0.05, 0) is 51.8 Å². The molecular weight excluding hydrogens is 399 g/mol. The van der Waals surface area contributed by atoms with Gasteiger partial charge in [0, 0.05) is 16.0 Å². The summed E-state index contributed by atoms with van der Waals surface area (Å²) in [5.41, 5.74) is 6.46. The molecule has 2 rings (SSSR count). The third kappa shape index (κ3) is 3.90. The summed E-state index contributed by atoms with van der Waals surface area (Å²) in [5, 5.41) is 0.640. The van der Waals surface area contributed by atoms with Crippen molar-refractivity contribution in [1.29, 1.82) is 0 Å². The van der Waals surface area contributed by atoms with Crippen LogP contribution in [0.4, 0.5) is 5.69 Å². The molecule has 0 aromatic heterocycles. The number of halogens is 3. The standard InChI is InChI=1S/C13H11BrCl2N2O2S/c14-10-3-1-8(7-17)5-13(10)21(19,20)18-12-6-9(15)2-4-11(12)16/h1-6,18H,7,17H2. The van der Waals surface area contributed by atoms with Gasteiger partial charge in [-0.2, -0.15) is 0 Å². The van der Waals surface area contributed by atoms with Crippen LogP contribution in [0.25, 0.3) is 0 Å². The van der Waals surface area contributed by atoms with Crippen LogP contribution in [0.5, 0.6) is 0 Å². The predicted octanol–water partition coefficient (Wildman–Crippen LogP) is 4.02. The topological polar surface area (TPSA) is 72.2 Å². The summed E-state index contributed by atoms with van der Waals surface area (Å²) >= 11 is 15.0. The first-order valence-electron chi connectivity index (χ1n) is 5.80. The van der Waals surface area contributed by atoms with Crippen LogP contribution in [-0.4, -0.2) is 8.42 Å². The van der Waals surface area contributed by atoms with E-state index in [2.05, 4.69) is 20.7 Å². The van der Waals surface area contributed by atoms with Crippen molar-refractivity contribution in [2.24, 2.45) is 5.73 Å². The van der Waals surface area contributed by atoms with E-state index in [-0.39, 0.29) is 22.2 Å². The van der Waals surface area contributed by atoms with Gasteiger partial charge in [0.2, 0.25) is 0 Å². The first kappa shape index (κ1) is 16.6. The zero-order valence-corrected chi connectivity index (χ0v) is 14.5. The van der Waals surface area contributed by atoms with E-state index in [0.717, 1.165) is 0 Å². The minimum Gasteiger partial charge on any atom is -0.326 e. The van der Waals surface area contributed by atoms with E-state index in [1.54, 1.807) is 18.2 Å². The normalized spacial score (nSPS) is 11.4. The van der Waals surface area contributed by atoms with Crippen LogP contribution < -0.4 is 10.5 Å². The smallest absolute Gasteiger partial charge is 0.263 e. The molecule has 0 saturated heterocycles. The van der Waals surface area contributed by atoms with E-state index in [0.29, 0.717) is 15.1 Å². The molecule has 21 heavy (non-hydrogen) atoms. The van der Waals surface area contributed by atoms with Crippen molar-refractivity contribution < 1.29 is 8.42 Å². The first-order chi connectivity index (χ1) is 9.83. The van der Waals surface area contributed by atoms with Crippen molar-refractivity contribution in [2.75, 3.05) is 4.72 Å². The van der Waals surface area contributed by atoms with Gasteiger partial charge in [-0.3, -0.25) is 4.72 Å². The Morgan fingerprint density at radius 1 is 1.14 bits per heavy atom. The molecule has 0 fully saturated rings. The second-order valence-corrected chi connectivity index (χ2v) is 7.55. The molecule has 0 saturated carbocycles. The van der Waals surface area contributed by atoms with Crippen LogP contribution in [0.1, 0.15) is 5.56 Å². The second kappa shape index (κ2) is 6.54. The van der Waals surface area contributed by atoms with E-state index in [1.807, 2.05) is 0 Å². The summed E-state index contributed by atoms with van der Waals surface area (Å²) in [6.07, 6.45) is 0. The third-order valence-electron chi connectivity index (χ3n) is 2.69. The highest BCUT2D eigenvalue weighted by Crippen LogP contribution is 2.30. The molecular formula is C13H11BrCl2N2O2S. The Labute approximate surface area is 141 Å². The molecule has 0 unspecified atom stereocenters. The van der Waals surface area contributed by atoms with Crippen molar-refractivity contribution in [3.05, 3.63) is 56.5 Å². The molecule has 0 spiro atoms. The van der Waals surface area contributed by atoms with Crippen LogP contribution in [0.15, 0.2) is 45.8 Å². The number of hydrogen-bond acceptors (Lipinski definition) is 3. The molecule has 0 aliphatic heterocycles. The van der Waals surface area contributed by atoms with Crippen molar-refractivity contribution in [2.45, 2.75) is 11.4 Å². The number of sulfonamides is 1. The molecule has 0 radical (unpaired) electrons. The minimum atomic E-state index is -3.81. The summed E-state index contributed by atoms with van der Waals surface area (Å²) in [4.78, 5) is 0.0847. The van der Waals surface area contributed by atoms with Crippen molar-refractivity contribution >= 4 is 54.8 Å². The second-order valence-electron chi connectivity index (χ2n) is 4.20. The maximum Gasteiger partial charge on any atom is 0.263 e. The van der Waals surface area contributed by atoms with E-state index in [9.17, 15) is 8.42 Å². The van der Waals surface area contributed by atoms with Gasteiger partial charge in [0.15, 0.2) is 0 Å². The molecule has 4 nitrogen and oxygen atoms in total. The lowest BCUT2D eigenvalue weighted by atomic mass is 10.2. The molecule has 8 heteroatoms. The first-order valence-corrected chi connectivity index (χ1v) is 8.83. The monoisotopic (exact) mass is 408 g/mol. The third-order valence-corrected chi connectivity index (χ3v) is 5.62. The number of nitrogens with one attached hydrogen (secondary N) is 1. The summed E-state index contributed by atoms with van der Waals surface area (Å²) in [7, 11) is -3.81. The fourth-order valence-corrected chi connectivity index (χ4v) is 4.13. The lowest BCUT2D eigenvalue weighted by Crippen LogP contribution is -2.14. The van der Waals surface area contributed by atoms with Gasteiger partial charge < -0.3 is 5.73 Å². The van der Waals surface area contributed by atoms with E-state index in [1.165, 1.54) is 18.2 Å². The molecule has 0 heterocycles. The van der Waals surface area contributed by atoms with Crippen LogP contribution in [0.2, 0.25) is 10.0 Å². The Bertz CT molecular complexity index is 782. The van der Waals surface area contributed by atoms with Gasteiger partial charge in [0.05, 0.1) is 10.7 Å². The predicted molar refractivity (Wildman–Crippen MR) is 89.3 cm³/mol. The Hall–Kier alpha value is -0.790. The van der Waals surface area contributed by atoms with Gasteiger partial charge in [0.1, 0.15) is 4.90 Å². The highest BCUT2D eigenvalue weighted by atomic mass is 79.9. The van der Waals surface area contributed by atoms with E-state index in [4.69, 9.17) is 28.9 Å². The maximum absolute atomic E-state index is 12.5. The highest BCUT2D eigenvalue weighted by Gasteiger charge is 2.19. The zero-order valence-electron chi connectivity index (χ0n) is 10.6. The van der Waals surface area contributed by atoms with Crippen LogP contribution >= 0.6 is 39.1 Å². The Morgan fingerprint density at radius 3 is 2.52 bits per heavy atom. The van der Waals surface area contributed by atoms with Crippen LogP contribution in [0.3, 0.4) is 0 Å². The van der Waals surface area contributed by atoms with Gasteiger partial charge in [-0.1, -0.05) is 29.3 Å². The van der Waals surface area contributed by atoms with E-state index < -0.39 is 10.0 Å².